The Morgan fingerprint density at radius 2 is 1.87 bits per heavy atom. The Bertz CT molecular complexity index is 1490. The molecule has 0 aliphatic carbocycles. The number of benzene rings is 3. The smallest absolute Gasteiger partial charge is 0.253 e. The van der Waals surface area contributed by atoms with Gasteiger partial charge in [-0.1, -0.05) is 47.5 Å². The molecular weight excluding hydrogens is 512 g/mol. The van der Waals surface area contributed by atoms with Gasteiger partial charge >= 0.3 is 0 Å². The van der Waals surface area contributed by atoms with E-state index in [0.717, 1.165) is 11.3 Å². The van der Waals surface area contributed by atoms with E-state index in [-0.39, 0.29) is 23.2 Å². The Hall–Kier alpha value is -4.09. The van der Waals surface area contributed by atoms with Crippen molar-refractivity contribution in [1.29, 1.82) is 5.26 Å². The van der Waals surface area contributed by atoms with Crippen LogP contribution in [0.3, 0.4) is 0 Å². The normalized spacial score (nSPS) is 12.5. The molecule has 1 amide bonds. The lowest BCUT2D eigenvalue weighted by molar-refractivity contribution is 0.0916. The van der Waals surface area contributed by atoms with E-state index in [2.05, 4.69) is 48.7 Å². The standard InChI is InChI=1S/C31H31ClN4O3/c1-19-3-6-22(7-4-19)20(2)35-17-26-10-12-30(39-26)24-9-11-28(32)27(15-24)31(38)36-25(18-37)14-23-8-5-21(16-33)13-29(23)34/h3-13,15,20,25,35,37H,14,17-18,34H2,1-2H3,(H,36,38)/t20-,25-/m1/s1. The maximum absolute atomic E-state index is 13.1. The number of halogens is 1. The summed E-state index contributed by atoms with van der Waals surface area (Å²) in [6, 6.07) is 23.9. The van der Waals surface area contributed by atoms with Crippen molar-refractivity contribution in [2.45, 2.75) is 38.9 Å². The Morgan fingerprint density at radius 3 is 2.56 bits per heavy atom. The van der Waals surface area contributed by atoms with E-state index in [9.17, 15) is 9.90 Å². The number of furan rings is 1. The lowest BCUT2D eigenvalue weighted by Gasteiger charge is -2.18. The molecule has 7 nitrogen and oxygen atoms in total. The van der Waals surface area contributed by atoms with Crippen LogP contribution in [0.4, 0.5) is 5.69 Å². The summed E-state index contributed by atoms with van der Waals surface area (Å²) in [6.07, 6.45) is 0.298. The summed E-state index contributed by atoms with van der Waals surface area (Å²) in [6.45, 7) is 4.43. The molecule has 8 heteroatoms. The van der Waals surface area contributed by atoms with Crippen LogP contribution in [0.2, 0.25) is 5.02 Å². The van der Waals surface area contributed by atoms with Crippen molar-refractivity contribution >= 4 is 23.2 Å². The maximum Gasteiger partial charge on any atom is 0.253 e. The highest BCUT2D eigenvalue weighted by Gasteiger charge is 2.19. The van der Waals surface area contributed by atoms with Gasteiger partial charge in [0.15, 0.2) is 0 Å². The minimum absolute atomic E-state index is 0.157. The molecule has 1 aromatic heterocycles. The monoisotopic (exact) mass is 542 g/mol. The number of amides is 1. The highest BCUT2D eigenvalue weighted by atomic mass is 35.5. The minimum atomic E-state index is -0.593. The number of carbonyl (C=O) groups excluding carboxylic acids is 1. The molecule has 4 rings (SSSR count). The van der Waals surface area contributed by atoms with Gasteiger partial charge in [0.25, 0.3) is 5.91 Å². The number of hydrogen-bond donors (Lipinski definition) is 4. The van der Waals surface area contributed by atoms with Gasteiger partial charge in [-0.05, 0) is 73.9 Å². The van der Waals surface area contributed by atoms with Crippen molar-refractivity contribution in [3.63, 3.8) is 0 Å². The summed E-state index contributed by atoms with van der Waals surface area (Å²) in [5.74, 6) is 0.961. The summed E-state index contributed by atoms with van der Waals surface area (Å²) < 4.78 is 6.05. The molecular formula is C31H31ClN4O3. The van der Waals surface area contributed by atoms with Gasteiger partial charge < -0.3 is 25.9 Å². The van der Waals surface area contributed by atoms with Crippen molar-refractivity contribution in [2.75, 3.05) is 12.3 Å². The summed E-state index contributed by atoms with van der Waals surface area (Å²) in [5, 5.41) is 25.5. The second-order valence-corrected chi connectivity index (χ2v) is 9.96. The van der Waals surface area contributed by atoms with Crippen LogP contribution in [-0.4, -0.2) is 23.7 Å². The first-order chi connectivity index (χ1) is 18.8. The number of rotatable bonds is 10. The molecule has 39 heavy (non-hydrogen) atoms. The number of aliphatic hydroxyl groups excluding tert-OH is 1. The third-order valence-corrected chi connectivity index (χ3v) is 6.94. The van der Waals surface area contributed by atoms with E-state index in [4.69, 9.17) is 27.0 Å². The predicted octanol–water partition coefficient (Wildman–Crippen LogP) is 5.55. The molecule has 0 bridgehead atoms. The van der Waals surface area contributed by atoms with Crippen LogP contribution >= 0.6 is 11.6 Å². The number of nitrogen functional groups attached to an aromatic ring is 1. The van der Waals surface area contributed by atoms with Gasteiger partial charge in [0.1, 0.15) is 11.5 Å². The second kappa shape index (κ2) is 12.6. The van der Waals surface area contributed by atoms with E-state index in [1.54, 1.807) is 36.4 Å². The molecule has 0 spiro atoms. The van der Waals surface area contributed by atoms with Gasteiger partial charge in [-0.2, -0.15) is 5.26 Å². The van der Waals surface area contributed by atoms with E-state index in [0.29, 0.717) is 35.5 Å². The number of nitriles is 1. The molecule has 0 aliphatic heterocycles. The average molecular weight is 543 g/mol. The van der Waals surface area contributed by atoms with E-state index < -0.39 is 11.9 Å². The molecule has 4 aromatic rings. The minimum Gasteiger partial charge on any atom is -0.460 e. The first-order valence-electron chi connectivity index (χ1n) is 12.7. The number of nitrogens with one attached hydrogen (secondary N) is 2. The number of aryl methyl sites for hydroxylation is 1. The first-order valence-corrected chi connectivity index (χ1v) is 13.0. The molecule has 0 aliphatic rings. The molecule has 200 valence electrons. The number of aliphatic hydroxyl groups is 1. The van der Waals surface area contributed by atoms with Crippen LogP contribution in [0, 0.1) is 18.3 Å². The van der Waals surface area contributed by atoms with Gasteiger partial charge in [-0.15, -0.1) is 0 Å². The van der Waals surface area contributed by atoms with Crippen LogP contribution in [-0.2, 0) is 13.0 Å². The number of hydrogen-bond acceptors (Lipinski definition) is 6. The van der Waals surface area contributed by atoms with Crippen molar-refractivity contribution in [3.05, 3.63) is 111 Å². The van der Waals surface area contributed by atoms with Gasteiger partial charge in [-0.25, -0.2) is 0 Å². The number of carbonyl (C=O) groups is 1. The van der Waals surface area contributed by atoms with Crippen molar-refractivity contribution < 1.29 is 14.3 Å². The fraction of sp³-hybridized carbons (Fsp3) is 0.226. The van der Waals surface area contributed by atoms with Crippen LogP contribution in [0.5, 0.6) is 0 Å². The van der Waals surface area contributed by atoms with Crippen LogP contribution in [0.25, 0.3) is 11.3 Å². The molecule has 0 saturated heterocycles. The molecule has 0 unspecified atom stereocenters. The summed E-state index contributed by atoms with van der Waals surface area (Å²) >= 11 is 6.37. The fourth-order valence-electron chi connectivity index (χ4n) is 4.25. The third kappa shape index (κ3) is 7.06. The van der Waals surface area contributed by atoms with Gasteiger partial charge in [0, 0.05) is 17.3 Å². The van der Waals surface area contributed by atoms with Crippen LogP contribution in [0.1, 0.15) is 51.3 Å². The lowest BCUT2D eigenvalue weighted by atomic mass is 10.0. The largest absolute Gasteiger partial charge is 0.460 e. The Morgan fingerprint density at radius 1 is 1.10 bits per heavy atom. The zero-order valence-corrected chi connectivity index (χ0v) is 22.6. The van der Waals surface area contributed by atoms with Crippen molar-refractivity contribution in [2.24, 2.45) is 0 Å². The van der Waals surface area contributed by atoms with E-state index >= 15 is 0 Å². The Kier molecular flexibility index (Phi) is 9.05. The van der Waals surface area contributed by atoms with Crippen molar-refractivity contribution in [3.8, 4) is 17.4 Å². The zero-order valence-electron chi connectivity index (χ0n) is 21.9. The highest BCUT2D eigenvalue weighted by Crippen LogP contribution is 2.28. The SMILES string of the molecule is Cc1ccc([C@@H](C)NCc2ccc(-c3ccc(Cl)c(C(=O)N[C@@H](CO)Cc4ccc(C#N)cc4N)c3)o2)cc1. The van der Waals surface area contributed by atoms with Crippen LogP contribution in [0.15, 0.2) is 77.2 Å². The van der Waals surface area contributed by atoms with Gasteiger partial charge in [0.05, 0.1) is 41.4 Å². The molecule has 1 heterocycles. The summed E-state index contributed by atoms with van der Waals surface area (Å²) in [4.78, 5) is 13.1. The van der Waals surface area contributed by atoms with Crippen molar-refractivity contribution in [1.82, 2.24) is 10.6 Å². The van der Waals surface area contributed by atoms with Crippen LogP contribution < -0.4 is 16.4 Å². The molecule has 2 atom stereocenters. The Balaban J connectivity index is 1.42. The second-order valence-electron chi connectivity index (χ2n) is 9.56. The maximum atomic E-state index is 13.1. The highest BCUT2D eigenvalue weighted by molar-refractivity contribution is 6.34. The molecule has 5 N–H and O–H groups in total. The fourth-order valence-corrected chi connectivity index (χ4v) is 4.45. The lowest BCUT2D eigenvalue weighted by Crippen LogP contribution is -2.39. The quantitative estimate of drug-likeness (QED) is 0.195. The molecule has 0 fully saturated rings. The summed E-state index contributed by atoms with van der Waals surface area (Å²) in [5.41, 5.74) is 11.0. The number of anilines is 1. The Labute approximate surface area is 233 Å². The predicted molar refractivity (Wildman–Crippen MR) is 153 cm³/mol. The van der Waals surface area contributed by atoms with Gasteiger partial charge in [0.2, 0.25) is 0 Å². The first kappa shape index (κ1) is 27.9. The molecule has 0 saturated carbocycles. The third-order valence-electron chi connectivity index (χ3n) is 6.61. The molecule has 3 aromatic carbocycles. The zero-order chi connectivity index (χ0) is 27.9. The molecule has 0 radical (unpaired) electrons. The van der Waals surface area contributed by atoms with Gasteiger partial charge in [-0.3, -0.25) is 4.79 Å². The number of nitrogens with zero attached hydrogens (tertiary/aromatic N) is 1. The summed E-state index contributed by atoms with van der Waals surface area (Å²) in [7, 11) is 0. The van der Waals surface area contributed by atoms with E-state index in [1.165, 1.54) is 11.1 Å². The number of nitrogens with two attached hydrogens (primary N) is 1. The average Bonchev–Trinajstić information content (AvgIpc) is 3.42. The topological polar surface area (TPSA) is 124 Å². The van der Waals surface area contributed by atoms with E-state index in [1.807, 2.05) is 18.2 Å².